The maximum Gasteiger partial charge on any atom is 0.260 e. The highest BCUT2D eigenvalue weighted by molar-refractivity contribution is 7.22. The predicted octanol–water partition coefficient (Wildman–Crippen LogP) is 3.19. The molecule has 0 spiro atoms. The van der Waals surface area contributed by atoms with E-state index in [-0.39, 0.29) is 5.91 Å². The number of amides is 1. The van der Waals surface area contributed by atoms with E-state index in [1.54, 1.807) is 19.1 Å². The first kappa shape index (κ1) is 22.1. The van der Waals surface area contributed by atoms with Crippen LogP contribution in [0, 0.1) is 6.92 Å². The fraction of sp³-hybridized carbons (Fsp3) is 0.391. The third-order valence-electron chi connectivity index (χ3n) is 5.36. The smallest absolute Gasteiger partial charge is 0.260 e. The molecule has 0 aliphatic heterocycles. The van der Waals surface area contributed by atoms with Crippen molar-refractivity contribution in [1.29, 1.82) is 0 Å². The molecule has 1 heterocycles. The maximum absolute atomic E-state index is 13.5. The van der Waals surface area contributed by atoms with Crippen molar-refractivity contribution >= 4 is 32.6 Å². The summed E-state index contributed by atoms with van der Waals surface area (Å²) in [6.07, 6.45) is 0. The molecule has 1 aromatic heterocycles. The number of aryl methyl sites for hydroxylation is 1. The topological polar surface area (TPSA) is 56.1 Å². The average Bonchev–Trinajstić information content (AvgIpc) is 3.21. The Morgan fingerprint density at radius 2 is 1.67 bits per heavy atom. The van der Waals surface area contributed by atoms with Gasteiger partial charge in [-0.1, -0.05) is 29.0 Å². The number of fused-ring (bicyclic) bond motifs is 1. The molecule has 160 valence electrons. The summed E-state index contributed by atoms with van der Waals surface area (Å²) >= 11 is 1.46. The Labute approximate surface area is 182 Å². The van der Waals surface area contributed by atoms with Gasteiger partial charge in [-0.3, -0.25) is 9.69 Å². The van der Waals surface area contributed by atoms with E-state index in [9.17, 15) is 4.79 Å². The first-order valence-electron chi connectivity index (χ1n) is 10.3. The molecule has 0 aliphatic carbocycles. The molecule has 3 aromatic rings. The number of benzene rings is 2. The Morgan fingerprint density at radius 1 is 1.03 bits per heavy atom. The molecule has 0 aliphatic rings. The monoisotopic (exact) mass is 428 g/mol. The number of nitrogens with one attached hydrogen (secondary N) is 1. The lowest BCUT2D eigenvalue weighted by Crippen LogP contribution is -3.12. The number of quaternary nitrogens is 1. The number of anilines is 1. The van der Waals surface area contributed by atoms with Gasteiger partial charge < -0.3 is 14.4 Å². The van der Waals surface area contributed by atoms with Gasteiger partial charge >= 0.3 is 0 Å². The summed E-state index contributed by atoms with van der Waals surface area (Å²) in [5, 5.41) is 0.657. The third kappa shape index (κ3) is 4.57. The van der Waals surface area contributed by atoms with Crippen LogP contribution in [-0.2, 0) is 0 Å². The molecule has 0 unspecified atom stereocenters. The molecule has 0 saturated carbocycles. The maximum atomic E-state index is 13.5. The number of hydrogen-bond acceptors (Lipinski definition) is 5. The van der Waals surface area contributed by atoms with E-state index in [1.165, 1.54) is 16.2 Å². The first-order chi connectivity index (χ1) is 14.5. The normalized spacial score (nSPS) is 11.1. The van der Waals surface area contributed by atoms with Crippen LogP contribution in [0.1, 0.15) is 29.8 Å². The number of ether oxygens (including phenoxy) is 2. The number of rotatable bonds is 9. The minimum atomic E-state index is -0.0430. The number of methoxy groups -OCH3 is 2. The number of thiazole rings is 1. The Balaban J connectivity index is 2.04. The highest BCUT2D eigenvalue weighted by Crippen LogP contribution is 2.40. The van der Waals surface area contributed by atoms with Gasteiger partial charge in [-0.15, -0.1) is 0 Å². The second-order valence-corrected chi connectivity index (χ2v) is 8.15. The summed E-state index contributed by atoms with van der Waals surface area (Å²) < 4.78 is 11.9. The molecule has 7 heteroatoms. The molecule has 30 heavy (non-hydrogen) atoms. The van der Waals surface area contributed by atoms with Crippen LogP contribution < -0.4 is 19.3 Å². The van der Waals surface area contributed by atoms with Gasteiger partial charge in [-0.2, -0.15) is 0 Å². The summed E-state index contributed by atoms with van der Waals surface area (Å²) in [4.78, 5) is 21.5. The zero-order valence-electron chi connectivity index (χ0n) is 18.3. The molecule has 1 N–H and O–H groups in total. The predicted molar refractivity (Wildman–Crippen MR) is 122 cm³/mol. The number of carbonyl (C=O) groups excluding carboxylic acids is 1. The minimum Gasteiger partial charge on any atom is -0.495 e. The van der Waals surface area contributed by atoms with E-state index in [4.69, 9.17) is 14.5 Å². The van der Waals surface area contributed by atoms with Crippen molar-refractivity contribution in [2.45, 2.75) is 20.8 Å². The second-order valence-electron chi connectivity index (χ2n) is 7.17. The quantitative estimate of drug-likeness (QED) is 0.569. The molecule has 1 amide bonds. The number of nitrogens with zero attached hydrogens (tertiary/aromatic N) is 2. The molecule has 0 radical (unpaired) electrons. The van der Waals surface area contributed by atoms with E-state index in [0.717, 1.165) is 35.6 Å². The van der Waals surface area contributed by atoms with E-state index in [1.807, 2.05) is 43.3 Å². The Hall–Kier alpha value is -2.64. The minimum absolute atomic E-state index is 0.0430. The van der Waals surface area contributed by atoms with Crippen molar-refractivity contribution in [2.24, 2.45) is 0 Å². The Kier molecular flexibility index (Phi) is 7.29. The lowest BCUT2D eigenvalue weighted by Gasteiger charge is -2.23. The average molecular weight is 429 g/mol. The summed E-state index contributed by atoms with van der Waals surface area (Å²) in [7, 11) is 3.26. The first-order valence-corrected chi connectivity index (χ1v) is 11.1. The highest BCUT2D eigenvalue weighted by atomic mass is 32.1. The van der Waals surface area contributed by atoms with Gasteiger partial charge in [0.05, 0.1) is 40.4 Å². The molecule has 3 rings (SSSR count). The van der Waals surface area contributed by atoms with Crippen LogP contribution in [0.3, 0.4) is 0 Å². The van der Waals surface area contributed by atoms with Crippen LogP contribution in [0.25, 0.3) is 10.2 Å². The fourth-order valence-electron chi connectivity index (χ4n) is 3.40. The van der Waals surface area contributed by atoms with Crippen LogP contribution in [-0.4, -0.2) is 51.3 Å². The molecular formula is C23H30N3O3S+. The van der Waals surface area contributed by atoms with Crippen molar-refractivity contribution in [3.05, 3.63) is 47.5 Å². The molecule has 0 atom stereocenters. The SMILES string of the molecule is CC[NH+](CC)CCN(C(=O)c1ccc(C)cc1)c1nc2c(OC)ccc(OC)c2s1. The standard InChI is InChI=1S/C23H29N3O3S/c1-6-25(7-2)14-15-26(22(27)17-10-8-16(3)9-11-17)23-24-20-18(28-4)12-13-19(29-5)21(20)30-23/h8-13H,6-7,14-15H2,1-5H3/p+1. The van der Waals surface area contributed by atoms with Gasteiger partial charge in [0.15, 0.2) is 5.13 Å². The van der Waals surface area contributed by atoms with Gasteiger partial charge in [0, 0.05) is 5.56 Å². The molecule has 0 fully saturated rings. The molecular weight excluding hydrogens is 398 g/mol. The number of hydrogen-bond donors (Lipinski definition) is 1. The molecule has 0 bridgehead atoms. The van der Waals surface area contributed by atoms with Crippen molar-refractivity contribution in [3.63, 3.8) is 0 Å². The lowest BCUT2D eigenvalue weighted by atomic mass is 10.1. The molecule has 2 aromatic carbocycles. The summed E-state index contributed by atoms with van der Waals surface area (Å²) in [6.45, 7) is 9.83. The second kappa shape index (κ2) is 9.91. The zero-order valence-corrected chi connectivity index (χ0v) is 19.1. The van der Waals surface area contributed by atoms with Crippen molar-refractivity contribution in [1.82, 2.24) is 4.98 Å². The molecule has 6 nitrogen and oxygen atoms in total. The van der Waals surface area contributed by atoms with E-state index in [2.05, 4.69) is 13.8 Å². The van der Waals surface area contributed by atoms with Crippen LogP contribution in [0.4, 0.5) is 5.13 Å². The Bertz CT molecular complexity index is 956. The van der Waals surface area contributed by atoms with Crippen molar-refractivity contribution < 1.29 is 19.2 Å². The number of likely N-dealkylation sites (N-methyl/N-ethyl adjacent to an activating group) is 1. The Morgan fingerprint density at radius 3 is 2.27 bits per heavy atom. The largest absolute Gasteiger partial charge is 0.495 e. The summed E-state index contributed by atoms with van der Waals surface area (Å²) in [6, 6.07) is 11.4. The van der Waals surface area contributed by atoms with Crippen molar-refractivity contribution in [3.8, 4) is 11.5 Å². The summed E-state index contributed by atoms with van der Waals surface area (Å²) in [5.41, 5.74) is 2.50. The molecule has 0 saturated heterocycles. The van der Waals surface area contributed by atoms with E-state index >= 15 is 0 Å². The highest BCUT2D eigenvalue weighted by Gasteiger charge is 2.24. The summed E-state index contributed by atoms with van der Waals surface area (Å²) in [5.74, 6) is 1.36. The van der Waals surface area contributed by atoms with Gasteiger partial charge in [0.1, 0.15) is 21.7 Å². The van der Waals surface area contributed by atoms with Crippen LogP contribution in [0.2, 0.25) is 0 Å². The zero-order chi connectivity index (χ0) is 21.7. The van der Waals surface area contributed by atoms with Gasteiger partial charge in [0.25, 0.3) is 5.91 Å². The van der Waals surface area contributed by atoms with Gasteiger partial charge in [-0.25, -0.2) is 4.98 Å². The lowest BCUT2D eigenvalue weighted by molar-refractivity contribution is -0.894. The fourth-order valence-corrected chi connectivity index (χ4v) is 4.50. The van der Waals surface area contributed by atoms with Crippen LogP contribution in [0.15, 0.2) is 36.4 Å². The van der Waals surface area contributed by atoms with E-state index in [0.29, 0.717) is 28.5 Å². The van der Waals surface area contributed by atoms with E-state index < -0.39 is 0 Å². The van der Waals surface area contributed by atoms with Crippen LogP contribution in [0.5, 0.6) is 11.5 Å². The number of carbonyl (C=O) groups is 1. The van der Waals surface area contributed by atoms with Crippen LogP contribution >= 0.6 is 11.3 Å². The van der Waals surface area contributed by atoms with Gasteiger partial charge in [-0.05, 0) is 45.0 Å². The number of aromatic nitrogens is 1. The van der Waals surface area contributed by atoms with Crippen molar-refractivity contribution in [2.75, 3.05) is 45.3 Å². The van der Waals surface area contributed by atoms with Gasteiger partial charge in [0.2, 0.25) is 0 Å². The third-order valence-corrected chi connectivity index (χ3v) is 6.46.